The predicted molar refractivity (Wildman–Crippen MR) is 80.4 cm³/mol. The zero-order chi connectivity index (χ0) is 14.5. The van der Waals surface area contributed by atoms with Crippen LogP contribution in [-0.2, 0) is 0 Å². The molecule has 1 unspecified atom stereocenters. The third kappa shape index (κ3) is 3.48. The van der Waals surface area contributed by atoms with E-state index in [-0.39, 0.29) is 5.91 Å². The highest BCUT2D eigenvalue weighted by Crippen LogP contribution is 2.17. The lowest BCUT2D eigenvalue weighted by atomic mass is 10.0. The van der Waals surface area contributed by atoms with Crippen molar-refractivity contribution in [3.8, 4) is 0 Å². The molecular weight excluding hydrogens is 252 g/mol. The Morgan fingerprint density at radius 3 is 2.75 bits per heavy atom. The van der Waals surface area contributed by atoms with Crippen LogP contribution in [0, 0.1) is 5.92 Å². The van der Waals surface area contributed by atoms with Crippen LogP contribution in [0.5, 0.6) is 0 Å². The van der Waals surface area contributed by atoms with E-state index < -0.39 is 0 Å². The highest BCUT2D eigenvalue weighted by atomic mass is 16.1. The third-order valence-electron chi connectivity index (χ3n) is 3.90. The van der Waals surface area contributed by atoms with Crippen molar-refractivity contribution in [1.29, 1.82) is 0 Å². The Labute approximate surface area is 120 Å². The number of nitrogens with two attached hydrogens (primary N) is 1. The number of aromatic nitrogens is 1. The van der Waals surface area contributed by atoms with Gasteiger partial charge in [-0.15, -0.1) is 0 Å². The van der Waals surface area contributed by atoms with Crippen molar-refractivity contribution in [2.45, 2.75) is 32.7 Å². The van der Waals surface area contributed by atoms with Crippen molar-refractivity contribution in [2.24, 2.45) is 5.92 Å². The molecule has 0 spiro atoms. The summed E-state index contributed by atoms with van der Waals surface area (Å²) in [5.41, 5.74) is 6.52. The van der Waals surface area contributed by atoms with Crippen molar-refractivity contribution in [3.63, 3.8) is 0 Å². The van der Waals surface area contributed by atoms with Crippen LogP contribution in [0.25, 0.3) is 0 Å². The standard InChI is InChI=1S/C15H24N4O/c1-11(2)13(19-8-3-4-9-19)10-18-15(20)14-12(16)6-5-7-17-14/h5-7,11,13H,3-4,8-10,16H2,1-2H3,(H,18,20). The van der Waals surface area contributed by atoms with Crippen LogP contribution in [-0.4, -0.2) is 41.5 Å². The number of rotatable bonds is 5. The summed E-state index contributed by atoms with van der Waals surface area (Å²) < 4.78 is 0. The first-order valence-electron chi connectivity index (χ1n) is 7.32. The molecule has 1 atom stereocenters. The van der Waals surface area contributed by atoms with E-state index in [1.165, 1.54) is 12.8 Å². The molecule has 1 amide bonds. The number of nitrogens with zero attached hydrogens (tertiary/aromatic N) is 2. The molecule has 3 N–H and O–H groups in total. The van der Waals surface area contributed by atoms with Gasteiger partial charge in [-0.05, 0) is 44.0 Å². The molecule has 5 nitrogen and oxygen atoms in total. The molecule has 110 valence electrons. The maximum Gasteiger partial charge on any atom is 0.272 e. The SMILES string of the molecule is CC(C)C(CNC(=O)c1ncccc1N)N1CCCC1. The summed E-state index contributed by atoms with van der Waals surface area (Å²) in [6.45, 7) is 7.30. The zero-order valence-corrected chi connectivity index (χ0v) is 12.3. The van der Waals surface area contributed by atoms with Gasteiger partial charge in [-0.1, -0.05) is 13.8 Å². The van der Waals surface area contributed by atoms with Crippen molar-refractivity contribution in [3.05, 3.63) is 24.0 Å². The Balaban J connectivity index is 1.95. The van der Waals surface area contributed by atoms with E-state index in [1.54, 1.807) is 18.3 Å². The number of anilines is 1. The molecule has 0 aromatic carbocycles. The summed E-state index contributed by atoms with van der Waals surface area (Å²) >= 11 is 0. The summed E-state index contributed by atoms with van der Waals surface area (Å²) in [7, 11) is 0. The molecule has 1 aliphatic rings. The number of amides is 1. The van der Waals surface area contributed by atoms with E-state index in [9.17, 15) is 4.79 Å². The van der Waals surface area contributed by atoms with E-state index in [4.69, 9.17) is 5.73 Å². The van der Waals surface area contributed by atoms with Gasteiger partial charge in [-0.2, -0.15) is 0 Å². The topological polar surface area (TPSA) is 71.2 Å². The van der Waals surface area contributed by atoms with Gasteiger partial charge in [0.05, 0.1) is 5.69 Å². The zero-order valence-electron chi connectivity index (χ0n) is 12.3. The van der Waals surface area contributed by atoms with Gasteiger partial charge in [-0.25, -0.2) is 4.98 Å². The average molecular weight is 276 g/mol. The van der Waals surface area contributed by atoms with Gasteiger partial charge < -0.3 is 11.1 Å². The normalized spacial score (nSPS) is 17.4. The van der Waals surface area contributed by atoms with E-state index in [0.29, 0.717) is 29.9 Å². The summed E-state index contributed by atoms with van der Waals surface area (Å²) in [5.74, 6) is 0.322. The third-order valence-corrected chi connectivity index (χ3v) is 3.90. The second kappa shape index (κ2) is 6.70. The fraction of sp³-hybridized carbons (Fsp3) is 0.600. The summed E-state index contributed by atoms with van der Waals surface area (Å²) in [5, 5.41) is 2.98. The number of carbonyl (C=O) groups is 1. The highest BCUT2D eigenvalue weighted by molar-refractivity contribution is 5.96. The molecule has 0 bridgehead atoms. The Bertz CT molecular complexity index is 455. The maximum atomic E-state index is 12.1. The Morgan fingerprint density at radius 1 is 1.45 bits per heavy atom. The van der Waals surface area contributed by atoms with Crippen LogP contribution in [0.2, 0.25) is 0 Å². The molecule has 1 fully saturated rings. The van der Waals surface area contributed by atoms with Crippen LogP contribution < -0.4 is 11.1 Å². The number of hydrogen-bond acceptors (Lipinski definition) is 4. The maximum absolute atomic E-state index is 12.1. The van der Waals surface area contributed by atoms with Gasteiger partial charge in [-0.3, -0.25) is 9.69 Å². The van der Waals surface area contributed by atoms with Gasteiger partial charge in [0.15, 0.2) is 5.69 Å². The van der Waals surface area contributed by atoms with Crippen LogP contribution in [0.4, 0.5) is 5.69 Å². The van der Waals surface area contributed by atoms with Crippen LogP contribution in [0.15, 0.2) is 18.3 Å². The van der Waals surface area contributed by atoms with Gasteiger partial charge in [0.2, 0.25) is 0 Å². The lowest BCUT2D eigenvalue weighted by Crippen LogP contribution is -2.45. The fourth-order valence-electron chi connectivity index (χ4n) is 2.75. The number of nitrogen functional groups attached to an aromatic ring is 1. The minimum atomic E-state index is -0.187. The molecule has 1 aromatic rings. The van der Waals surface area contributed by atoms with Gasteiger partial charge >= 0.3 is 0 Å². The predicted octanol–water partition coefficient (Wildman–Crippen LogP) is 1.51. The minimum Gasteiger partial charge on any atom is -0.397 e. The summed E-state index contributed by atoms with van der Waals surface area (Å²) in [6, 6.07) is 3.81. The van der Waals surface area contributed by atoms with Crippen LogP contribution >= 0.6 is 0 Å². The lowest BCUT2D eigenvalue weighted by molar-refractivity contribution is 0.0923. The fourth-order valence-corrected chi connectivity index (χ4v) is 2.75. The number of carbonyl (C=O) groups excluding carboxylic acids is 1. The molecule has 2 heterocycles. The number of likely N-dealkylation sites (tertiary alicyclic amines) is 1. The van der Waals surface area contributed by atoms with Crippen LogP contribution in [0.3, 0.4) is 0 Å². The summed E-state index contributed by atoms with van der Waals surface area (Å²) in [4.78, 5) is 18.6. The van der Waals surface area contributed by atoms with Gasteiger partial charge in [0.25, 0.3) is 5.91 Å². The number of pyridine rings is 1. The Kier molecular flexibility index (Phi) is 4.95. The summed E-state index contributed by atoms with van der Waals surface area (Å²) in [6.07, 6.45) is 4.10. The van der Waals surface area contributed by atoms with Crippen molar-refractivity contribution in [2.75, 3.05) is 25.4 Å². The van der Waals surface area contributed by atoms with E-state index >= 15 is 0 Å². The van der Waals surface area contributed by atoms with E-state index in [0.717, 1.165) is 13.1 Å². The molecule has 20 heavy (non-hydrogen) atoms. The van der Waals surface area contributed by atoms with Crippen molar-refractivity contribution >= 4 is 11.6 Å². The van der Waals surface area contributed by atoms with Crippen LogP contribution in [0.1, 0.15) is 37.2 Å². The highest BCUT2D eigenvalue weighted by Gasteiger charge is 2.25. The first kappa shape index (κ1) is 14.8. The molecule has 1 aromatic heterocycles. The van der Waals surface area contributed by atoms with Gasteiger partial charge in [0.1, 0.15) is 0 Å². The average Bonchev–Trinajstić information content (AvgIpc) is 2.92. The molecule has 1 aliphatic heterocycles. The van der Waals surface area contributed by atoms with Gasteiger partial charge in [0, 0.05) is 18.8 Å². The number of hydrogen-bond donors (Lipinski definition) is 2. The molecule has 1 saturated heterocycles. The van der Waals surface area contributed by atoms with Crippen molar-refractivity contribution < 1.29 is 4.79 Å². The molecular formula is C15H24N4O. The molecule has 0 saturated carbocycles. The first-order chi connectivity index (χ1) is 9.59. The minimum absolute atomic E-state index is 0.187. The first-order valence-corrected chi connectivity index (χ1v) is 7.32. The monoisotopic (exact) mass is 276 g/mol. The second-order valence-electron chi connectivity index (χ2n) is 5.71. The molecule has 0 aliphatic carbocycles. The van der Waals surface area contributed by atoms with E-state index in [2.05, 4.69) is 29.0 Å². The quantitative estimate of drug-likeness (QED) is 0.855. The lowest BCUT2D eigenvalue weighted by Gasteiger charge is -2.30. The van der Waals surface area contributed by atoms with Crippen molar-refractivity contribution in [1.82, 2.24) is 15.2 Å². The van der Waals surface area contributed by atoms with E-state index in [1.807, 2.05) is 0 Å². The second-order valence-corrected chi connectivity index (χ2v) is 5.71. The molecule has 2 rings (SSSR count). The number of nitrogens with one attached hydrogen (secondary N) is 1. The molecule has 5 heteroatoms. The smallest absolute Gasteiger partial charge is 0.272 e. The Hall–Kier alpha value is -1.62. The molecule has 0 radical (unpaired) electrons. The Morgan fingerprint density at radius 2 is 2.15 bits per heavy atom. The largest absolute Gasteiger partial charge is 0.397 e.